The fourth-order valence-electron chi connectivity index (χ4n) is 1.92. The third kappa shape index (κ3) is 3.38. The Hall–Kier alpha value is -1.54. The van der Waals surface area contributed by atoms with Gasteiger partial charge in [-0.1, -0.05) is 13.8 Å². The highest BCUT2D eigenvalue weighted by Gasteiger charge is 2.31. The number of halogens is 2. The van der Waals surface area contributed by atoms with Gasteiger partial charge >= 0.3 is 5.97 Å². The Bertz CT molecular complexity index is 646. The molecule has 118 valence electrons. The van der Waals surface area contributed by atoms with Crippen molar-refractivity contribution in [3.05, 3.63) is 29.3 Å². The number of carboxylic acids is 1. The van der Waals surface area contributed by atoms with Crippen molar-refractivity contribution in [1.82, 2.24) is 4.31 Å². The van der Waals surface area contributed by atoms with Crippen LogP contribution < -0.4 is 0 Å². The molecule has 8 heteroatoms. The smallest absolute Gasteiger partial charge is 0.335 e. The first-order chi connectivity index (χ1) is 9.66. The lowest BCUT2D eigenvalue weighted by atomic mass is 10.2. The van der Waals surface area contributed by atoms with Crippen LogP contribution >= 0.6 is 0 Å². The second-order valence-electron chi connectivity index (χ2n) is 4.54. The van der Waals surface area contributed by atoms with E-state index in [0.29, 0.717) is 18.6 Å². The number of rotatable bonds is 6. The van der Waals surface area contributed by atoms with Crippen molar-refractivity contribution in [3.8, 4) is 0 Å². The van der Waals surface area contributed by atoms with E-state index in [2.05, 4.69) is 0 Å². The summed E-state index contributed by atoms with van der Waals surface area (Å²) in [5, 5.41) is 8.84. The fourth-order valence-corrected chi connectivity index (χ4v) is 3.74. The molecule has 0 fully saturated rings. The minimum atomic E-state index is -4.32. The molecule has 0 aromatic heterocycles. The normalized spacial score (nSPS) is 13.4. The SMILES string of the molecule is CCC(C)N(CC)S(=O)(=O)c1cc(C(=O)O)cc(F)c1F. The maximum absolute atomic E-state index is 13.8. The Morgan fingerprint density at radius 3 is 2.33 bits per heavy atom. The van der Waals surface area contributed by atoms with E-state index in [0.717, 1.165) is 4.31 Å². The van der Waals surface area contributed by atoms with Gasteiger partial charge in [0, 0.05) is 12.6 Å². The quantitative estimate of drug-likeness (QED) is 0.873. The van der Waals surface area contributed by atoms with E-state index in [1.807, 2.05) is 0 Å². The van der Waals surface area contributed by atoms with Gasteiger partial charge in [-0.25, -0.2) is 22.0 Å². The monoisotopic (exact) mass is 321 g/mol. The van der Waals surface area contributed by atoms with Crippen LogP contribution in [0.1, 0.15) is 37.6 Å². The van der Waals surface area contributed by atoms with Crippen LogP contribution in [-0.2, 0) is 10.0 Å². The molecular formula is C13H17F2NO4S. The number of hydrogen-bond acceptors (Lipinski definition) is 3. The second kappa shape index (κ2) is 6.48. The molecule has 1 unspecified atom stereocenters. The first-order valence-electron chi connectivity index (χ1n) is 6.40. The third-order valence-corrected chi connectivity index (χ3v) is 5.31. The van der Waals surface area contributed by atoms with E-state index in [-0.39, 0.29) is 6.54 Å². The van der Waals surface area contributed by atoms with E-state index < -0.39 is 44.1 Å². The Balaban J connectivity index is 3.53. The summed E-state index contributed by atoms with van der Waals surface area (Å²) in [6, 6.07) is 0.674. The van der Waals surface area contributed by atoms with Crippen LogP contribution in [0, 0.1) is 11.6 Å². The Labute approximate surface area is 122 Å². The van der Waals surface area contributed by atoms with Gasteiger partial charge < -0.3 is 5.11 Å². The lowest BCUT2D eigenvalue weighted by Gasteiger charge is -2.26. The van der Waals surface area contributed by atoms with Crippen molar-refractivity contribution in [1.29, 1.82) is 0 Å². The molecule has 1 rings (SSSR count). The highest BCUT2D eigenvalue weighted by atomic mass is 32.2. The maximum atomic E-state index is 13.8. The predicted octanol–water partition coefficient (Wildman–Crippen LogP) is 2.47. The lowest BCUT2D eigenvalue weighted by Crippen LogP contribution is -2.38. The molecule has 1 aromatic rings. The van der Waals surface area contributed by atoms with Crippen molar-refractivity contribution >= 4 is 16.0 Å². The molecule has 5 nitrogen and oxygen atoms in total. The first kappa shape index (κ1) is 17.5. The number of carbonyl (C=O) groups is 1. The summed E-state index contributed by atoms with van der Waals surface area (Å²) in [4.78, 5) is 9.92. The summed E-state index contributed by atoms with van der Waals surface area (Å²) in [7, 11) is -4.32. The summed E-state index contributed by atoms with van der Waals surface area (Å²) < 4.78 is 53.2. The van der Waals surface area contributed by atoms with Crippen LogP contribution in [0.5, 0.6) is 0 Å². The average Bonchev–Trinajstić information content (AvgIpc) is 2.41. The van der Waals surface area contributed by atoms with Crippen LogP contribution in [0.3, 0.4) is 0 Å². The van der Waals surface area contributed by atoms with E-state index in [1.54, 1.807) is 20.8 Å². The Morgan fingerprint density at radius 1 is 1.33 bits per heavy atom. The van der Waals surface area contributed by atoms with E-state index in [9.17, 15) is 22.0 Å². The molecule has 1 atom stereocenters. The molecular weight excluding hydrogens is 304 g/mol. The molecule has 21 heavy (non-hydrogen) atoms. The summed E-state index contributed by atoms with van der Waals surface area (Å²) in [6.45, 7) is 5.03. The summed E-state index contributed by atoms with van der Waals surface area (Å²) in [6.07, 6.45) is 0.482. The molecule has 1 N–H and O–H groups in total. The summed E-state index contributed by atoms with van der Waals surface area (Å²) >= 11 is 0. The zero-order valence-electron chi connectivity index (χ0n) is 11.9. The zero-order valence-corrected chi connectivity index (χ0v) is 12.7. The van der Waals surface area contributed by atoms with Gasteiger partial charge in [0.1, 0.15) is 4.90 Å². The average molecular weight is 321 g/mol. The predicted molar refractivity (Wildman–Crippen MR) is 72.6 cm³/mol. The number of aromatic carboxylic acids is 1. The van der Waals surface area contributed by atoms with E-state index in [1.165, 1.54) is 0 Å². The van der Waals surface area contributed by atoms with Crippen LogP contribution in [0.15, 0.2) is 17.0 Å². The topological polar surface area (TPSA) is 74.7 Å². The van der Waals surface area contributed by atoms with Gasteiger partial charge in [0.25, 0.3) is 0 Å². The van der Waals surface area contributed by atoms with Gasteiger partial charge in [0.05, 0.1) is 5.56 Å². The maximum Gasteiger partial charge on any atom is 0.335 e. The standard InChI is InChI=1S/C13H17F2NO4S/c1-4-8(3)16(5-2)21(19,20)11-7-9(13(17)18)6-10(14)12(11)15/h6-8H,4-5H2,1-3H3,(H,17,18). The summed E-state index contributed by atoms with van der Waals surface area (Å²) in [5.74, 6) is -4.60. The molecule has 0 aliphatic rings. The van der Waals surface area contributed by atoms with Crippen LogP contribution in [0.4, 0.5) is 8.78 Å². The van der Waals surface area contributed by atoms with Gasteiger partial charge in [-0.2, -0.15) is 4.31 Å². The highest BCUT2D eigenvalue weighted by Crippen LogP contribution is 2.25. The molecule has 0 radical (unpaired) electrons. The van der Waals surface area contributed by atoms with Crippen LogP contribution in [0.25, 0.3) is 0 Å². The van der Waals surface area contributed by atoms with E-state index in [4.69, 9.17) is 5.11 Å². The molecule has 0 aliphatic carbocycles. The zero-order chi connectivity index (χ0) is 16.4. The van der Waals surface area contributed by atoms with Crippen LogP contribution in [-0.4, -0.2) is 36.4 Å². The van der Waals surface area contributed by atoms with Gasteiger partial charge in [-0.3, -0.25) is 0 Å². The molecule has 1 aromatic carbocycles. The Morgan fingerprint density at radius 2 is 1.90 bits per heavy atom. The largest absolute Gasteiger partial charge is 0.478 e. The molecule has 0 saturated heterocycles. The number of hydrogen-bond donors (Lipinski definition) is 1. The molecule has 0 aliphatic heterocycles. The number of sulfonamides is 1. The number of nitrogens with zero attached hydrogens (tertiary/aromatic N) is 1. The van der Waals surface area contributed by atoms with Gasteiger partial charge in [-0.15, -0.1) is 0 Å². The van der Waals surface area contributed by atoms with Crippen LogP contribution in [0.2, 0.25) is 0 Å². The van der Waals surface area contributed by atoms with Gasteiger partial charge in [-0.05, 0) is 25.5 Å². The highest BCUT2D eigenvalue weighted by molar-refractivity contribution is 7.89. The fraction of sp³-hybridized carbons (Fsp3) is 0.462. The minimum Gasteiger partial charge on any atom is -0.478 e. The van der Waals surface area contributed by atoms with Crippen molar-refractivity contribution in [2.24, 2.45) is 0 Å². The molecule has 0 amide bonds. The number of carboxylic acid groups (broad SMARTS) is 1. The second-order valence-corrected chi connectivity index (χ2v) is 6.40. The van der Waals surface area contributed by atoms with E-state index >= 15 is 0 Å². The van der Waals surface area contributed by atoms with Gasteiger partial charge in [0.2, 0.25) is 10.0 Å². The molecule has 0 saturated carbocycles. The molecule has 0 spiro atoms. The van der Waals surface area contributed by atoms with Crippen molar-refractivity contribution < 1.29 is 27.1 Å². The van der Waals surface area contributed by atoms with Crippen molar-refractivity contribution in [2.75, 3.05) is 6.54 Å². The van der Waals surface area contributed by atoms with Crippen molar-refractivity contribution in [3.63, 3.8) is 0 Å². The molecule has 0 bridgehead atoms. The third-order valence-electron chi connectivity index (χ3n) is 3.22. The first-order valence-corrected chi connectivity index (χ1v) is 7.84. The number of benzene rings is 1. The van der Waals surface area contributed by atoms with Gasteiger partial charge in [0.15, 0.2) is 11.6 Å². The summed E-state index contributed by atoms with van der Waals surface area (Å²) in [5.41, 5.74) is -0.618. The molecule has 0 heterocycles. The lowest BCUT2D eigenvalue weighted by molar-refractivity contribution is 0.0696. The minimum absolute atomic E-state index is 0.0652. The Kier molecular flexibility index (Phi) is 5.41. The van der Waals surface area contributed by atoms with Crippen molar-refractivity contribution in [2.45, 2.75) is 38.1 Å².